The summed E-state index contributed by atoms with van der Waals surface area (Å²) < 4.78 is 1.90. The van der Waals surface area contributed by atoms with Gasteiger partial charge in [0.1, 0.15) is 0 Å². The molecule has 0 radical (unpaired) electrons. The monoisotopic (exact) mass is 283 g/mol. The average Bonchev–Trinajstić information content (AvgIpc) is 2.94. The second kappa shape index (κ2) is 5.43. The highest BCUT2D eigenvalue weighted by Gasteiger charge is 2.21. The molecular formula is C13H18ClN3S. The minimum atomic E-state index is -0.201. The van der Waals surface area contributed by atoms with Gasteiger partial charge in [-0.1, -0.05) is 18.5 Å². The third kappa shape index (κ3) is 2.46. The van der Waals surface area contributed by atoms with Crippen molar-refractivity contribution >= 4 is 22.9 Å². The molecule has 0 saturated heterocycles. The maximum absolute atomic E-state index is 6.33. The molecule has 0 fully saturated rings. The van der Waals surface area contributed by atoms with Crippen LogP contribution in [0.15, 0.2) is 18.3 Å². The lowest BCUT2D eigenvalue weighted by molar-refractivity contribution is 0.500. The summed E-state index contributed by atoms with van der Waals surface area (Å²) in [6.07, 6.45) is 2.71. The molecule has 0 amide bonds. The van der Waals surface area contributed by atoms with Crippen LogP contribution in [0, 0.1) is 0 Å². The molecule has 0 saturated carbocycles. The maximum atomic E-state index is 6.33. The number of aryl methyl sites for hydroxylation is 1. The van der Waals surface area contributed by atoms with E-state index in [9.17, 15) is 0 Å². The molecule has 0 bridgehead atoms. The summed E-state index contributed by atoms with van der Waals surface area (Å²) in [5.41, 5.74) is 7.23. The van der Waals surface area contributed by atoms with E-state index in [4.69, 9.17) is 17.3 Å². The first-order chi connectivity index (χ1) is 8.54. The topological polar surface area (TPSA) is 43.8 Å². The van der Waals surface area contributed by atoms with Crippen molar-refractivity contribution in [2.24, 2.45) is 5.73 Å². The summed E-state index contributed by atoms with van der Waals surface area (Å²) in [5, 5.41) is 4.94. The lowest BCUT2D eigenvalue weighted by Gasteiger charge is -2.16. The molecule has 2 heterocycles. The maximum Gasteiger partial charge on any atom is 0.0838 e. The van der Waals surface area contributed by atoms with Gasteiger partial charge in [-0.3, -0.25) is 4.68 Å². The van der Waals surface area contributed by atoms with Crippen molar-refractivity contribution in [3.05, 3.63) is 38.8 Å². The molecule has 0 aromatic carbocycles. The third-order valence-corrected chi connectivity index (χ3v) is 4.51. The molecule has 5 heteroatoms. The van der Waals surface area contributed by atoms with Crippen LogP contribution in [0.25, 0.3) is 0 Å². The molecule has 18 heavy (non-hydrogen) atoms. The van der Waals surface area contributed by atoms with E-state index in [0.29, 0.717) is 5.02 Å². The lowest BCUT2D eigenvalue weighted by Crippen LogP contribution is -2.18. The molecular weight excluding hydrogens is 266 g/mol. The molecule has 1 unspecified atom stereocenters. The molecule has 1 atom stereocenters. The lowest BCUT2D eigenvalue weighted by atomic mass is 10.1. The fourth-order valence-corrected chi connectivity index (χ4v) is 3.15. The molecule has 98 valence electrons. The zero-order valence-corrected chi connectivity index (χ0v) is 12.4. The van der Waals surface area contributed by atoms with Crippen molar-refractivity contribution < 1.29 is 0 Å². The van der Waals surface area contributed by atoms with Gasteiger partial charge in [0.05, 0.1) is 23.0 Å². The molecule has 2 N–H and O–H groups in total. The number of hydrogen-bond acceptors (Lipinski definition) is 3. The molecule has 3 nitrogen and oxygen atoms in total. The van der Waals surface area contributed by atoms with Crippen LogP contribution in [0.2, 0.25) is 5.02 Å². The smallest absolute Gasteiger partial charge is 0.0838 e. The zero-order chi connectivity index (χ0) is 13.3. The van der Waals surface area contributed by atoms with Crippen LogP contribution in [0.5, 0.6) is 0 Å². The second-order valence-electron chi connectivity index (χ2n) is 4.55. The highest BCUT2D eigenvalue weighted by Crippen LogP contribution is 2.32. The van der Waals surface area contributed by atoms with Crippen molar-refractivity contribution in [1.29, 1.82) is 0 Å². The standard InChI is InChI=1S/C13H18ClN3S/c1-4-9-5-6-11(18-9)12(15)13-10(14)7-16-17(13)8(2)3/h5-8,12H,4,15H2,1-3H3. The van der Waals surface area contributed by atoms with E-state index in [-0.39, 0.29) is 12.1 Å². The van der Waals surface area contributed by atoms with Gasteiger partial charge in [0.25, 0.3) is 0 Å². The first kappa shape index (κ1) is 13.6. The first-order valence-corrected chi connectivity index (χ1v) is 7.31. The number of hydrogen-bond donors (Lipinski definition) is 1. The van der Waals surface area contributed by atoms with Crippen molar-refractivity contribution in [3.8, 4) is 0 Å². The van der Waals surface area contributed by atoms with E-state index in [1.165, 1.54) is 4.88 Å². The van der Waals surface area contributed by atoms with E-state index < -0.39 is 0 Å². The minimum Gasteiger partial charge on any atom is -0.318 e. The summed E-state index contributed by atoms with van der Waals surface area (Å²) >= 11 is 7.96. The van der Waals surface area contributed by atoms with Gasteiger partial charge in [0.15, 0.2) is 0 Å². The fraction of sp³-hybridized carbons (Fsp3) is 0.462. The Bertz CT molecular complexity index is 530. The van der Waals surface area contributed by atoms with Crippen LogP contribution in [-0.4, -0.2) is 9.78 Å². The zero-order valence-electron chi connectivity index (χ0n) is 10.9. The number of halogens is 1. The van der Waals surface area contributed by atoms with Crippen LogP contribution in [0.4, 0.5) is 0 Å². The summed E-state index contributed by atoms with van der Waals surface area (Å²) in [4.78, 5) is 2.48. The molecule has 2 aromatic rings. The Morgan fingerprint density at radius 3 is 2.72 bits per heavy atom. The molecule has 2 aromatic heterocycles. The van der Waals surface area contributed by atoms with Gasteiger partial charge < -0.3 is 5.73 Å². The van der Waals surface area contributed by atoms with Crippen LogP contribution < -0.4 is 5.73 Å². The number of aromatic nitrogens is 2. The molecule has 0 aliphatic rings. The van der Waals surface area contributed by atoms with Crippen LogP contribution in [-0.2, 0) is 6.42 Å². The second-order valence-corrected chi connectivity index (χ2v) is 6.16. The van der Waals surface area contributed by atoms with Gasteiger partial charge in [-0.25, -0.2) is 0 Å². The van der Waals surface area contributed by atoms with Crippen molar-refractivity contribution in [2.45, 2.75) is 39.3 Å². The predicted molar refractivity (Wildman–Crippen MR) is 77.3 cm³/mol. The molecule has 2 rings (SSSR count). The predicted octanol–water partition coefficient (Wildman–Crippen LogP) is 3.79. The Morgan fingerprint density at radius 2 is 2.17 bits per heavy atom. The quantitative estimate of drug-likeness (QED) is 0.928. The van der Waals surface area contributed by atoms with Crippen LogP contribution in [0.1, 0.15) is 48.3 Å². The summed E-state index contributed by atoms with van der Waals surface area (Å²) in [5.74, 6) is 0. The largest absolute Gasteiger partial charge is 0.318 e. The SMILES string of the molecule is CCc1ccc(C(N)c2c(Cl)cnn2C(C)C)s1. The average molecular weight is 284 g/mol. The Balaban J connectivity index is 2.38. The van der Waals surface area contributed by atoms with E-state index in [1.54, 1.807) is 17.5 Å². The Labute approximate surface area is 117 Å². The minimum absolute atomic E-state index is 0.201. The van der Waals surface area contributed by atoms with Crippen molar-refractivity contribution in [3.63, 3.8) is 0 Å². The van der Waals surface area contributed by atoms with Gasteiger partial charge in [-0.05, 0) is 32.4 Å². The van der Waals surface area contributed by atoms with E-state index >= 15 is 0 Å². The van der Waals surface area contributed by atoms with Crippen molar-refractivity contribution in [2.75, 3.05) is 0 Å². The highest BCUT2D eigenvalue weighted by atomic mass is 35.5. The van der Waals surface area contributed by atoms with Gasteiger partial charge >= 0.3 is 0 Å². The molecule has 0 aliphatic heterocycles. The van der Waals surface area contributed by atoms with Gasteiger partial charge in [-0.2, -0.15) is 5.10 Å². The molecule has 0 aliphatic carbocycles. The van der Waals surface area contributed by atoms with Crippen LogP contribution in [0.3, 0.4) is 0 Å². The Morgan fingerprint density at radius 1 is 1.44 bits per heavy atom. The van der Waals surface area contributed by atoms with E-state index in [0.717, 1.165) is 17.0 Å². The van der Waals surface area contributed by atoms with Crippen molar-refractivity contribution in [1.82, 2.24) is 9.78 Å². The summed E-state index contributed by atoms with van der Waals surface area (Å²) in [7, 11) is 0. The Hall–Kier alpha value is -0.840. The van der Waals surface area contributed by atoms with Crippen LogP contribution >= 0.6 is 22.9 Å². The normalized spacial score (nSPS) is 13.2. The fourth-order valence-electron chi connectivity index (χ4n) is 1.94. The summed E-state index contributed by atoms with van der Waals surface area (Å²) in [6.45, 7) is 6.30. The van der Waals surface area contributed by atoms with E-state index in [1.807, 2.05) is 4.68 Å². The van der Waals surface area contributed by atoms with Gasteiger partial charge in [-0.15, -0.1) is 11.3 Å². The first-order valence-electron chi connectivity index (χ1n) is 6.11. The number of nitrogens with zero attached hydrogens (tertiary/aromatic N) is 2. The van der Waals surface area contributed by atoms with Gasteiger partial charge in [0, 0.05) is 15.8 Å². The number of rotatable bonds is 4. The highest BCUT2D eigenvalue weighted by molar-refractivity contribution is 7.12. The van der Waals surface area contributed by atoms with E-state index in [2.05, 4.69) is 38.0 Å². The van der Waals surface area contributed by atoms with Gasteiger partial charge in [0.2, 0.25) is 0 Å². The molecule has 0 spiro atoms. The number of nitrogens with two attached hydrogens (primary N) is 1. The number of thiophene rings is 1. The summed E-state index contributed by atoms with van der Waals surface area (Å²) in [6, 6.07) is 4.27. The Kier molecular flexibility index (Phi) is 4.10. The third-order valence-electron chi connectivity index (χ3n) is 2.91.